The molecule has 1 unspecified atom stereocenters. The maximum Gasteiger partial charge on any atom is 0.340 e. The average molecular weight is 496 g/mol. The zero-order valence-electron chi connectivity index (χ0n) is 21.7. The van der Waals surface area contributed by atoms with Crippen molar-refractivity contribution >= 4 is 11.7 Å². The van der Waals surface area contributed by atoms with Crippen LogP contribution in [0.2, 0.25) is 0 Å². The van der Waals surface area contributed by atoms with Crippen LogP contribution in [0.1, 0.15) is 46.6 Å². The predicted octanol–water partition coefficient (Wildman–Crippen LogP) is 5.82. The molecule has 7 nitrogen and oxygen atoms in total. The summed E-state index contributed by atoms with van der Waals surface area (Å²) in [6.07, 6.45) is 0. The minimum absolute atomic E-state index is 0.350. The second kappa shape index (κ2) is 8.40. The lowest BCUT2D eigenvalue weighted by Crippen LogP contribution is -2.34. The first-order valence-electron chi connectivity index (χ1n) is 12.6. The Morgan fingerprint density at radius 2 is 1.73 bits per heavy atom. The number of rotatable bonds is 5. The van der Waals surface area contributed by atoms with Crippen molar-refractivity contribution in [3.63, 3.8) is 0 Å². The molecule has 0 aliphatic carbocycles. The predicted molar refractivity (Wildman–Crippen MR) is 142 cm³/mol. The Labute approximate surface area is 216 Å². The summed E-state index contributed by atoms with van der Waals surface area (Å²) in [6, 6.07) is 19.8. The summed E-state index contributed by atoms with van der Waals surface area (Å²) < 4.78 is 20.0. The molecule has 3 aromatic carbocycles. The fourth-order valence-corrected chi connectivity index (χ4v) is 5.76. The van der Waals surface area contributed by atoms with E-state index >= 15 is 0 Å². The molecule has 0 radical (unpaired) electrons. The van der Waals surface area contributed by atoms with Gasteiger partial charge in [-0.3, -0.25) is 0 Å². The fraction of sp³-hybridized carbons (Fsp3) is 0.267. The molecule has 37 heavy (non-hydrogen) atoms. The number of methoxy groups -OCH3 is 1. The molecule has 6 rings (SSSR count). The molecule has 0 bridgehead atoms. The highest BCUT2D eigenvalue weighted by molar-refractivity contribution is 5.97. The molecule has 4 aromatic rings. The van der Waals surface area contributed by atoms with E-state index in [1.165, 1.54) is 0 Å². The minimum atomic E-state index is -1.15. The Bertz CT molecular complexity index is 1540. The molecule has 2 aliphatic heterocycles. The topological polar surface area (TPSA) is 65.8 Å². The highest BCUT2D eigenvalue weighted by Gasteiger charge is 2.56. The Balaban J connectivity index is 1.69. The highest BCUT2D eigenvalue weighted by Crippen LogP contribution is 2.58. The van der Waals surface area contributed by atoms with Crippen LogP contribution in [0.5, 0.6) is 17.4 Å². The van der Waals surface area contributed by atoms with E-state index in [0.717, 1.165) is 58.0 Å². The number of fused-ring (bicyclic) bond motifs is 6. The zero-order chi connectivity index (χ0) is 25.9. The summed E-state index contributed by atoms with van der Waals surface area (Å²) in [7, 11) is 3.51. The van der Waals surface area contributed by atoms with Crippen molar-refractivity contribution in [3.05, 3.63) is 88.6 Å². The van der Waals surface area contributed by atoms with Gasteiger partial charge >= 0.3 is 5.97 Å². The van der Waals surface area contributed by atoms with Crippen molar-refractivity contribution in [1.29, 1.82) is 0 Å². The van der Waals surface area contributed by atoms with E-state index in [1.54, 1.807) is 11.8 Å². The Hall–Kier alpha value is -4.26. The third-order valence-corrected chi connectivity index (χ3v) is 7.48. The standard InChI is InChI=1S/C30H29N3O4/c1-6-33(7-2)25-17-26-24(16-22(25)19-12-14-20(35-5)15-13-19)30(27-18(3)31-32(4)28(27)36-26)23-11-9-8-10-21(23)29(34)37-30/h8-17H,6-7H2,1-5H3. The summed E-state index contributed by atoms with van der Waals surface area (Å²) >= 11 is 0. The van der Waals surface area contributed by atoms with E-state index < -0.39 is 5.60 Å². The van der Waals surface area contributed by atoms with Gasteiger partial charge in [0.15, 0.2) is 5.60 Å². The van der Waals surface area contributed by atoms with Gasteiger partial charge in [-0.05, 0) is 50.6 Å². The number of anilines is 1. The first kappa shape index (κ1) is 23.2. The number of nitrogens with zero attached hydrogens (tertiary/aromatic N) is 3. The van der Waals surface area contributed by atoms with E-state index in [0.29, 0.717) is 17.2 Å². The molecule has 0 saturated heterocycles. The van der Waals surface area contributed by atoms with E-state index in [1.807, 2.05) is 50.4 Å². The lowest BCUT2D eigenvalue weighted by Gasteiger charge is -2.37. The van der Waals surface area contributed by atoms with E-state index in [2.05, 4.69) is 48.1 Å². The molecular weight excluding hydrogens is 466 g/mol. The zero-order valence-corrected chi connectivity index (χ0v) is 21.7. The molecule has 3 heterocycles. The number of ether oxygens (including phenoxy) is 3. The van der Waals surface area contributed by atoms with Crippen molar-refractivity contribution in [2.45, 2.75) is 26.4 Å². The van der Waals surface area contributed by atoms with Gasteiger partial charge in [-0.25, -0.2) is 9.48 Å². The summed E-state index contributed by atoms with van der Waals surface area (Å²) in [5.41, 5.74) is 5.62. The van der Waals surface area contributed by atoms with Gasteiger partial charge in [-0.1, -0.05) is 30.3 Å². The van der Waals surface area contributed by atoms with Crippen molar-refractivity contribution in [3.8, 4) is 28.5 Å². The lowest BCUT2D eigenvalue weighted by atomic mass is 9.77. The Morgan fingerprint density at radius 1 is 1.00 bits per heavy atom. The van der Waals surface area contributed by atoms with Gasteiger partial charge in [0.2, 0.25) is 5.88 Å². The highest BCUT2D eigenvalue weighted by atomic mass is 16.6. The summed E-state index contributed by atoms with van der Waals surface area (Å²) in [4.78, 5) is 15.6. The average Bonchev–Trinajstić information content (AvgIpc) is 3.37. The van der Waals surface area contributed by atoms with Gasteiger partial charge in [0.25, 0.3) is 0 Å². The number of hydrogen-bond acceptors (Lipinski definition) is 6. The SMILES string of the molecule is CCN(CC)c1cc2c(cc1-c1ccc(OC)cc1)C1(OC(=O)c3ccccc31)c1c(C)nn(C)c1O2. The van der Waals surface area contributed by atoms with Gasteiger partial charge in [0.05, 0.1) is 23.9 Å². The van der Waals surface area contributed by atoms with Crippen molar-refractivity contribution in [2.24, 2.45) is 7.05 Å². The quantitative estimate of drug-likeness (QED) is 0.325. The van der Waals surface area contributed by atoms with Crippen LogP contribution in [-0.2, 0) is 17.4 Å². The first-order valence-corrected chi connectivity index (χ1v) is 12.6. The van der Waals surface area contributed by atoms with Crippen LogP contribution < -0.4 is 14.4 Å². The second-order valence-electron chi connectivity index (χ2n) is 9.37. The molecule has 0 saturated carbocycles. The number of hydrogen-bond donors (Lipinski definition) is 0. The third kappa shape index (κ3) is 3.19. The second-order valence-corrected chi connectivity index (χ2v) is 9.37. The molecule has 0 amide bonds. The normalized spacial score (nSPS) is 17.1. The molecule has 1 aromatic heterocycles. The summed E-state index contributed by atoms with van der Waals surface area (Å²) in [6.45, 7) is 7.87. The van der Waals surface area contributed by atoms with E-state index in [9.17, 15) is 4.79 Å². The van der Waals surface area contributed by atoms with Crippen LogP contribution in [0.4, 0.5) is 5.69 Å². The largest absolute Gasteiger partial charge is 0.497 e. The van der Waals surface area contributed by atoms with Crippen molar-refractivity contribution in [2.75, 3.05) is 25.1 Å². The molecule has 2 aliphatic rings. The maximum absolute atomic E-state index is 13.3. The molecule has 0 fully saturated rings. The Morgan fingerprint density at radius 3 is 2.43 bits per heavy atom. The number of benzene rings is 3. The fourth-order valence-electron chi connectivity index (χ4n) is 5.76. The lowest BCUT2D eigenvalue weighted by molar-refractivity contribution is 0.0221. The van der Waals surface area contributed by atoms with Gasteiger partial charge in [-0.2, -0.15) is 5.10 Å². The van der Waals surface area contributed by atoms with Gasteiger partial charge in [-0.15, -0.1) is 0 Å². The molecular formula is C30H29N3O4. The summed E-state index contributed by atoms with van der Waals surface area (Å²) in [5, 5.41) is 4.66. The molecule has 188 valence electrons. The van der Waals surface area contributed by atoms with Crippen LogP contribution in [0.15, 0.2) is 60.7 Å². The van der Waals surface area contributed by atoms with Crippen LogP contribution >= 0.6 is 0 Å². The Kier molecular flexibility index (Phi) is 5.26. The van der Waals surface area contributed by atoms with Crippen molar-refractivity contribution < 1.29 is 19.0 Å². The number of aryl methyl sites for hydroxylation is 2. The first-order chi connectivity index (χ1) is 17.9. The van der Waals surface area contributed by atoms with E-state index in [4.69, 9.17) is 14.2 Å². The van der Waals surface area contributed by atoms with Gasteiger partial charge in [0, 0.05) is 48.6 Å². The van der Waals surface area contributed by atoms with E-state index in [-0.39, 0.29) is 5.97 Å². The smallest absolute Gasteiger partial charge is 0.340 e. The maximum atomic E-state index is 13.3. The summed E-state index contributed by atoms with van der Waals surface area (Å²) in [5.74, 6) is 1.67. The number of carbonyl (C=O) groups excluding carboxylic acids is 1. The monoisotopic (exact) mass is 495 g/mol. The van der Waals surface area contributed by atoms with Crippen LogP contribution in [0, 0.1) is 6.92 Å². The van der Waals surface area contributed by atoms with Crippen LogP contribution in [0.3, 0.4) is 0 Å². The number of esters is 1. The number of carbonyl (C=O) groups is 1. The van der Waals surface area contributed by atoms with Gasteiger partial charge < -0.3 is 19.1 Å². The molecule has 0 N–H and O–H groups in total. The van der Waals surface area contributed by atoms with Gasteiger partial charge in [0.1, 0.15) is 11.5 Å². The third-order valence-electron chi connectivity index (χ3n) is 7.48. The van der Waals surface area contributed by atoms with Crippen LogP contribution in [0.25, 0.3) is 11.1 Å². The molecule has 1 spiro atoms. The van der Waals surface area contributed by atoms with Crippen LogP contribution in [-0.4, -0.2) is 35.9 Å². The minimum Gasteiger partial charge on any atom is -0.497 e. The molecule has 7 heteroatoms. The number of aromatic nitrogens is 2. The van der Waals surface area contributed by atoms with Crippen molar-refractivity contribution in [1.82, 2.24) is 9.78 Å². The molecule has 1 atom stereocenters.